The van der Waals surface area contributed by atoms with E-state index in [4.69, 9.17) is 4.74 Å². The molecule has 3 aliphatic rings. The molecule has 1 aromatic carbocycles. The molecule has 1 aliphatic carbocycles. The fraction of sp³-hybridized carbons (Fsp3) is 0.565. The van der Waals surface area contributed by atoms with Crippen LogP contribution in [0.25, 0.3) is 5.69 Å². The molecular weight excluding hydrogens is 412 g/mol. The Labute approximate surface area is 184 Å². The van der Waals surface area contributed by atoms with Gasteiger partial charge in [0.15, 0.2) is 0 Å². The number of hydrogen-bond donors (Lipinski definition) is 1. The highest BCUT2D eigenvalue weighted by Crippen LogP contribution is 2.36. The summed E-state index contributed by atoms with van der Waals surface area (Å²) < 4.78 is 22.8. The molecule has 0 amide bonds. The van der Waals surface area contributed by atoms with Gasteiger partial charge in [-0.3, -0.25) is 9.00 Å². The molecule has 1 atom stereocenters. The standard InChI is InChI=1S/C23H32N4O3S/c1-18-17-31(18,29)26-14-12-25(13-15-26)21-16-24-27(19-8-4-2-5-9-19)23(28)22(21)30-20-10-6-3-7-11-20/h2,4-5,8-9,16,18,20,31H,3,6-7,10-15,17H2,1H3. The first-order valence-corrected chi connectivity index (χ1v) is 13.4. The van der Waals surface area contributed by atoms with Crippen LogP contribution in [-0.2, 0) is 10.1 Å². The third-order valence-corrected chi connectivity index (χ3v) is 10.4. The van der Waals surface area contributed by atoms with Crippen molar-refractivity contribution in [2.75, 3.05) is 36.8 Å². The van der Waals surface area contributed by atoms with Crippen LogP contribution in [-0.4, -0.2) is 61.6 Å². The quantitative estimate of drug-likeness (QED) is 0.567. The Kier molecular flexibility index (Phi) is 5.60. The highest BCUT2D eigenvalue weighted by atomic mass is 32.3. The highest BCUT2D eigenvalue weighted by Gasteiger charge is 2.45. The molecule has 3 fully saturated rings. The average molecular weight is 445 g/mol. The lowest BCUT2D eigenvalue weighted by Crippen LogP contribution is -2.48. The maximum Gasteiger partial charge on any atom is 0.316 e. The van der Waals surface area contributed by atoms with E-state index in [2.05, 4.69) is 21.2 Å². The summed E-state index contributed by atoms with van der Waals surface area (Å²) in [7, 11) is -2.10. The number of para-hydroxylation sites is 1. The summed E-state index contributed by atoms with van der Waals surface area (Å²) in [4.78, 5) is 15.7. The molecule has 0 N–H and O–H groups in total. The number of anilines is 1. The monoisotopic (exact) mass is 444 g/mol. The molecule has 2 aromatic rings. The zero-order valence-corrected chi connectivity index (χ0v) is 19.0. The summed E-state index contributed by atoms with van der Waals surface area (Å²) in [5.74, 6) is 1.25. The van der Waals surface area contributed by atoms with E-state index in [0.717, 1.165) is 69.0 Å². The van der Waals surface area contributed by atoms with Crippen molar-refractivity contribution in [3.05, 3.63) is 46.9 Å². The van der Waals surface area contributed by atoms with Crippen LogP contribution in [0.15, 0.2) is 41.3 Å². The molecule has 31 heavy (non-hydrogen) atoms. The molecule has 1 saturated carbocycles. The average Bonchev–Trinajstić information content (AvgIpc) is 3.44. The van der Waals surface area contributed by atoms with Crippen LogP contribution in [0.3, 0.4) is 0 Å². The Balaban J connectivity index is 1.44. The van der Waals surface area contributed by atoms with Crippen LogP contribution in [0.2, 0.25) is 0 Å². The summed E-state index contributed by atoms with van der Waals surface area (Å²) in [5.41, 5.74) is 1.29. The Morgan fingerprint density at radius 3 is 2.35 bits per heavy atom. The molecule has 8 heteroatoms. The van der Waals surface area contributed by atoms with Crippen molar-refractivity contribution in [3.8, 4) is 11.4 Å². The van der Waals surface area contributed by atoms with Gasteiger partial charge < -0.3 is 9.64 Å². The van der Waals surface area contributed by atoms with Gasteiger partial charge in [-0.25, -0.2) is 4.31 Å². The number of aromatic nitrogens is 2. The van der Waals surface area contributed by atoms with Crippen molar-refractivity contribution in [3.63, 3.8) is 0 Å². The second-order valence-corrected chi connectivity index (χ2v) is 12.3. The first-order chi connectivity index (χ1) is 15.1. The summed E-state index contributed by atoms with van der Waals surface area (Å²) in [5, 5.41) is 4.82. The zero-order valence-electron chi connectivity index (χ0n) is 18.2. The fourth-order valence-corrected chi connectivity index (χ4v) is 7.60. The van der Waals surface area contributed by atoms with Crippen molar-refractivity contribution in [2.45, 2.75) is 50.4 Å². The first-order valence-electron chi connectivity index (χ1n) is 11.5. The topological polar surface area (TPSA) is 67.7 Å². The van der Waals surface area contributed by atoms with Gasteiger partial charge >= 0.3 is 5.56 Å². The third-order valence-electron chi connectivity index (χ3n) is 6.91. The molecule has 5 rings (SSSR count). The molecule has 168 valence electrons. The van der Waals surface area contributed by atoms with Crippen LogP contribution in [0.5, 0.6) is 5.75 Å². The molecule has 2 aliphatic heterocycles. The van der Waals surface area contributed by atoms with Gasteiger partial charge in [-0.15, -0.1) is 0 Å². The van der Waals surface area contributed by atoms with Gasteiger partial charge in [0.1, 0.15) is 5.69 Å². The normalized spacial score (nSPS) is 25.2. The van der Waals surface area contributed by atoms with Crippen LogP contribution >= 0.6 is 0 Å². The number of piperazine rings is 1. The predicted molar refractivity (Wildman–Crippen MR) is 125 cm³/mol. The fourth-order valence-electron chi connectivity index (χ4n) is 4.87. The van der Waals surface area contributed by atoms with Crippen molar-refractivity contribution in [1.29, 1.82) is 0 Å². The van der Waals surface area contributed by atoms with Gasteiger partial charge in [0.2, 0.25) is 5.75 Å². The molecular formula is C23H32N4O3S. The molecule has 0 bridgehead atoms. The molecule has 0 spiro atoms. The Morgan fingerprint density at radius 2 is 1.71 bits per heavy atom. The summed E-state index contributed by atoms with van der Waals surface area (Å²) in [6.45, 7) is 5.05. The van der Waals surface area contributed by atoms with Crippen molar-refractivity contribution in [2.24, 2.45) is 0 Å². The van der Waals surface area contributed by atoms with Crippen LogP contribution in [0.1, 0.15) is 39.0 Å². The van der Waals surface area contributed by atoms with Crippen molar-refractivity contribution in [1.82, 2.24) is 14.1 Å². The summed E-state index contributed by atoms with van der Waals surface area (Å²) >= 11 is 0. The van der Waals surface area contributed by atoms with Gasteiger partial charge in [0.25, 0.3) is 0 Å². The Bertz CT molecular complexity index is 1030. The Morgan fingerprint density at radius 1 is 1.03 bits per heavy atom. The second kappa shape index (κ2) is 8.39. The molecule has 7 nitrogen and oxygen atoms in total. The van der Waals surface area contributed by atoms with Gasteiger partial charge in [-0.05, 0) is 37.8 Å². The van der Waals surface area contributed by atoms with Crippen LogP contribution < -0.4 is 15.2 Å². The van der Waals surface area contributed by atoms with Gasteiger partial charge in [0, 0.05) is 37.2 Å². The molecule has 1 aromatic heterocycles. The maximum atomic E-state index is 13.5. The number of rotatable bonds is 5. The minimum Gasteiger partial charge on any atom is -0.483 e. The van der Waals surface area contributed by atoms with Gasteiger partial charge in [0.05, 0.1) is 18.0 Å². The third kappa shape index (κ3) is 4.03. The molecule has 1 unspecified atom stereocenters. The number of nitrogens with zero attached hydrogens (tertiary/aromatic N) is 4. The van der Waals surface area contributed by atoms with E-state index in [1.54, 1.807) is 6.20 Å². The van der Waals surface area contributed by atoms with E-state index < -0.39 is 10.1 Å². The van der Waals surface area contributed by atoms with E-state index in [-0.39, 0.29) is 11.7 Å². The predicted octanol–water partition coefficient (Wildman–Crippen LogP) is 2.40. The second-order valence-electron chi connectivity index (χ2n) is 9.02. The van der Waals surface area contributed by atoms with E-state index in [1.165, 1.54) is 11.1 Å². The van der Waals surface area contributed by atoms with Crippen molar-refractivity contribution >= 4 is 15.8 Å². The van der Waals surface area contributed by atoms with E-state index in [0.29, 0.717) is 11.0 Å². The molecule has 2 saturated heterocycles. The number of ether oxygens (including phenoxy) is 1. The van der Waals surface area contributed by atoms with E-state index in [1.807, 2.05) is 30.3 Å². The summed E-state index contributed by atoms with van der Waals surface area (Å²) in [6.07, 6.45) is 7.34. The maximum absolute atomic E-state index is 13.5. The van der Waals surface area contributed by atoms with Crippen LogP contribution in [0.4, 0.5) is 5.69 Å². The minimum absolute atomic E-state index is 0.0799. The van der Waals surface area contributed by atoms with Crippen LogP contribution in [0, 0.1) is 0 Å². The van der Waals surface area contributed by atoms with Crippen molar-refractivity contribution < 1.29 is 8.95 Å². The zero-order chi connectivity index (χ0) is 21.4. The van der Waals surface area contributed by atoms with E-state index in [9.17, 15) is 9.00 Å². The molecule has 3 heterocycles. The van der Waals surface area contributed by atoms with Gasteiger partial charge in [-0.1, -0.05) is 41.7 Å². The number of hydrogen-bond acceptors (Lipinski definition) is 5. The lowest BCUT2D eigenvalue weighted by Gasteiger charge is -2.38. The largest absolute Gasteiger partial charge is 0.483 e. The summed E-state index contributed by atoms with van der Waals surface area (Å²) in [6, 6.07) is 9.49. The first kappa shape index (κ1) is 20.7. The lowest BCUT2D eigenvalue weighted by atomic mass is 9.98. The Hall–Kier alpha value is -2.19. The smallest absolute Gasteiger partial charge is 0.316 e. The SMILES string of the molecule is CC1C[SH]1(=O)N1CCN(c2cnn(-c3ccccc3)c(=O)c2OC2CCCCC2)CC1. The lowest BCUT2D eigenvalue weighted by molar-refractivity contribution is 0.152. The number of benzene rings is 1. The number of thiol groups is 1. The van der Waals surface area contributed by atoms with E-state index >= 15 is 0 Å². The highest BCUT2D eigenvalue weighted by molar-refractivity contribution is 8.08. The minimum atomic E-state index is -2.10. The molecule has 0 radical (unpaired) electrons. The van der Waals surface area contributed by atoms with Gasteiger partial charge in [-0.2, -0.15) is 9.78 Å².